The van der Waals surface area contributed by atoms with Gasteiger partial charge in [-0.2, -0.15) is 20.8 Å². The van der Waals surface area contributed by atoms with E-state index in [-0.39, 0.29) is 13.2 Å². The molecule has 0 bridgehead atoms. The molecule has 0 amide bonds. The second-order valence-electron chi connectivity index (χ2n) is 5.73. The van der Waals surface area contributed by atoms with Crippen molar-refractivity contribution in [2.45, 2.75) is 65.5 Å². The Labute approximate surface area is 155 Å². The molecule has 0 saturated heterocycles. The van der Waals surface area contributed by atoms with Crippen molar-refractivity contribution in [1.29, 1.82) is 10.5 Å². The van der Waals surface area contributed by atoms with Crippen LogP contribution in [0.1, 0.15) is 53.4 Å². The molecule has 4 unspecified atom stereocenters. The van der Waals surface area contributed by atoms with Crippen LogP contribution in [0, 0.1) is 34.5 Å². The molecule has 0 aromatic rings. The lowest BCUT2D eigenvalue weighted by Crippen LogP contribution is -2.29. The predicted molar refractivity (Wildman–Crippen MR) is 93.7 cm³/mol. The molecular formula is C18H28N4O4. The van der Waals surface area contributed by atoms with E-state index in [4.69, 9.17) is 9.47 Å². The van der Waals surface area contributed by atoms with Crippen LogP contribution in [0.15, 0.2) is 10.2 Å². The molecule has 26 heavy (non-hydrogen) atoms. The number of ether oxygens (including phenoxy) is 2. The quantitative estimate of drug-likeness (QED) is 0.387. The summed E-state index contributed by atoms with van der Waals surface area (Å²) in [5.74, 6) is -3.40. The minimum Gasteiger partial charge on any atom is -0.465 e. The van der Waals surface area contributed by atoms with Gasteiger partial charge < -0.3 is 9.47 Å². The lowest BCUT2D eigenvalue weighted by atomic mass is 9.99. The van der Waals surface area contributed by atoms with Gasteiger partial charge in [0.25, 0.3) is 0 Å². The molecule has 0 aliphatic heterocycles. The highest BCUT2D eigenvalue weighted by Crippen LogP contribution is 2.19. The van der Waals surface area contributed by atoms with Crippen LogP contribution in [-0.4, -0.2) is 37.2 Å². The predicted octanol–water partition coefficient (Wildman–Crippen LogP) is 3.18. The van der Waals surface area contributed by atoms with Crippen molar-refractivity contribution in [1.82, 2.24) is 0 Å². The second kappa shape index (κ2) is 13.8. The SMILES string of the molecule is CCCOC(=O)C(C#N)C(CC)N=NC(CC)C(C#N)C(=O)OCCC. The molecule has 0 radical (unpaired) electrons. The molecule has 144 valence electrons. The molecule has 0 rings (SSSR count). The number of hydrogen-bond acceptors (Lipinski definition) is 8. The Morgan fingerprint density at radius 3 is 1.38 bits per heavy atom. The summed E-state index contributed by atoms with van der Waals surface area (Å²) in [6.07, 6.45) is 2.11. The number of carbonyl (C=O) groups excluding carboxylic acids is 2. The molecule has 0 aliphatic carbocycles. The van der Waals surface area contributed by atoms with Gasteiger partial charge in [-0.05, 0) is 25.7 Å². The summed E-state index contributed by atoms with van der Waals surface area (Å²) in [4.78, 5) is 24.0. The van der Waals surface area contributed by atoms with Crippen LogP contribution in [0.2, 0.25) is 0 Å². The van der Waals surface area contributed by atoms with Crippen LogP contribution in [0.25, 0.3) is 0 Å². The minimum absolute atomic E-state index is 0.238. The first-order valence-corrected chi connectivity index (χ1v) is 9.02. The zero-order chi connectivity index (χ0) is 19.9. The summed E-state index contributed by atoms with van der Waals surface area (Å²) in [6, 6.07) is 2.44. The van der Waals surface area contributed by atoms with Gasteiger partial charge in [0.1, 0.15) is 0 Å². The van der Waals surface area contributed by atoms with Gasteiger partial charge in [-0.3, -0.25) is 9.59 Å². The van der Waals surface area contributed by atoms with Gasteiger partial charge in [-0.1, -0.05) is 27.7 Å². The van der Waals surface area contributed by atoms with Gasteiger partial charge in [0.05, 0.1) is 37.4 Å². The maximum atomic E-state index is 12.0. The zero-order valence-electron chi connectivity index (χ0n) is 16.0. The van der Waals surface area contributed by atoms with Crippen molar-refractivity contribution in [3.05, 3.63) is 0 Å². The van der Waals surface area contributed by atoms with E-state index in [1.165, 1.54) is 0 Å². The minimum atomic E-state index is -1.07. The average molecular weight is 364 g/mol. The summed E-state index contributed by atoms with van der Waals surface area (Å²) in [7, 11) is 0. The highest BCUT2D eigenvalue weighted by atomic mass is 16.5. The van der Waals surface area contributed by atoms with Crippen LogP contribution in [-0.2, 0) is 19.1 Å². The third kappa shape index (κ3) is 7.60. The van der Waals surface area contributed by atoms with Crippen LogP contribution in [0.4, 0.5) is 0 Å². The first kappa shape index (κ1) is 23.5. The Morgan fingerprint density at radius 2 is 1.15 bits per heavy atom. The van der Waals surface area contributed by atoms with E-state index < -0.39 is 35.9 Å². The molecule has 0 fully saturated rings. The van der Waals surface area contributed by atoms with E-state index in [1.54, 1.807) is 13.8 Å². The molecule has 0 aromatic carbocycles. The van der Waals surface area contributed by atoms with Gasteiger partial charge in [-0.15, -0.1) is 0 Å². The summed E-state index contributed by atoms with van der Waals surface area (Å²) >= 11 is 0. The zero-order valence-corrected chi connectivity index (χ0v) is 16.0. The number of esters is 2. The Bertz CT molecular complexity index is 502. The molecule has 0 spiro atoms. The van der Waals surface area contributed by atoms with Crippen molar-refractivity contribution in [2.24, 2.45) is 22.1 Å². The van der Waals surface area contributed by atoms with E-state index in [9.17, 15) is 20.1 Å². The largest absolute Gasteiger partial charge is 0.465 e. The lowest BCUT2D eigenvalue weighted by Gasteiger charge is -2.17. The first-order chi connectivity index (χ1) is 12.5. The van der Waals surface area contributed by atoms with Crippen molar-refractivity contribution in [3.8, 4) is 12.1 Å². The van der Waals surface area contributed by atoms with Crippen LogP contribution < -0.4 is 0 Å². The van der Waals surface area contributed by atoms with Crippen molar-refractivity contribution in [3.63, 3.8) is 0 Å². The molecule has 8 nitrogen and oxygen atoms in total. The average Bonchev–Trinajstić information content (AvgIpc) is 2.66. The van der Waals surface area contributed by atoms with Crippen molar-refractivity contribution >= 4 is 11.9 Å². The van der Waals surface area contributed by atoms with Gasteiger partial charge in [-0.25, -0.2) is 0 Å². The highest BCUT2D eigenvalue weighted by Gasteiger charge is 2.31. The fourth-order valence-corrected chi connectivity index (χ4v) is 2.12. The van der Waals surface area contributed by atoms with E-state index in [0.717, 1.165) is 0 Å². The maximum absolute atomic E-state index is 12.0. The molecule has 8 heteroatoms. The number of nitrogens with zero attached hydrogens (tertiary/aromatic N) is 4. The summed E-state index contributed by atoms with van der Waals surface area (Å²) in [5, 5.41) is 26.7. The normalized spacial score (nSPS) is 15.3. The number of nitriles is 2. The number of azo groups is 1. The Balaban J connectivity index is 5.21. The molecule has 4 atom stereocenters. The van der Waals surface area contributed by atoms with Crippen molar-refractivity contribution in [2.75, 3.05) is 13.2 Å². The molecular weight excluding hydrogens is 336 g/mol. The Kier molecular flexibility index (Phi) is 12.5. The molecule has 0 aliphatic rings. The fraction of sp³-hybridized carbons (Fsp3) is 0.778. The van der Waals surface area contributed by atoms with E-state index in [1.807, 2.05) is 26.0 Å². The van der Waals surface area contributed by atoms with Gasteiger partial charge >= 0.3 is 11.9 Å². The van der Waals surface area contributed by atoms with Gasteiger partial charge in [0.15, 0.2) is 11.8 Å². The molecule has 0 N–H and O–H groups in total. The topological polar surface area (TPSA) is 125 Å². The van der Waals surface area contributed by atoms with E-state index >= 15 is 0 Å². The highest BCUT2D eigenvalue weighted by molar-refractivity contribution is 5.76. The molecule has 0 saturated carbocycles. The number of hydrogen-bond donors (Lipinski definition) is 0. The summed E-state index contributed by atoms with van der Waals surface area (Å²) < 4.78 is 10.0. The molecule has 0 aromatic heterocycles. The second-order valence-corrected chi connectivity index (χ2v) is 5.73. The smallest absolute Gasteiger partial charge is 0.325 e. The lowest BCUT2D eigenvalue weighted by molar-refractivity contribution is -0.148. The van der Waals surface area contributed by atoms with Gasteiger partial charge in [0, 0.05) is 0 Å². The van der Waals surface area contributed by atoms with Crippen LogP contribution in [0.3, 0.4) is 0 Å². The standard InChI is InChI=1S/C18H28N4O4/c1-5-9-25-17(23)13(11-19)15(7-3)21-22-16(8-4)14(12-20)18(24)26-10-6-2/h13-16H,5-10H2,1-4H3. The van der Waals surface area contributed by atoms with Crippen LogP contribution >= 0.6 is 0 Å². The van der Waals surface area contributed by atoms with Crippen LogP contribution in [0.5, 0.6) is 0 Å². The van der Waals surface area contributed by atoms with Gasteiger partial charge in [0.2, 0.25) is 0 Å². The molecule has 0 heterocycles. The van der Waals surface area contributed by atoms with E-state index in [0.29, 0.717) is 25.7 Å². The van der Waals surface area contributed by atoms with E-state index in [2.05, 4.69) is 10.2 Å². The Hall–Kier alpha value is -2.48. The summed E-state index contributed by atoms with van der Waals surface area (Å²) in [5.41, 5.74) is 0. The maximum Gasteiger partial charge on any atom is 0.325 e. The monoisotopic (exact) mass is 364 g/mol. The first-order valence-electron chi connectivity index (χ1n) is 9.02. The fourth-order valence-electron chi connectivity index (χ4n) is 2.12. The van der Waals surface area contributed by atoms with Crippen molar-refractivity contribution < 1.29 is 19.1 Å². The summed E-state index contributed by atoms with van der Waals surface area (Å²) in [6.45, 7) is 7.75. The Morgan fingerprint density at radius 1 is 0.808 bits per heavy atom. The number of carbonyl (C=O) groups is 2. The third-order valence-corrected chi connectivity index (χ3v) is 3.65. The number of rotatable bonds is 12. The third-order valence-electron chi connectivity index (χ3n) is 3.65.